The highest BCUT2D eigenvalue weighted by Gasteiger charge is 2.30. The molecule has 0 spiro atoms. The Hall–Kier alpha value is -0.160. The molecule has 5 atom stereocenters. The molecule has 13 heavy (non-hydrogen) atoms. The lowest BCUT2D eigenvalue weighted by atomic mass is 9.93. The SMILES string of the molecule is CCC(C)C(O)C(O)C(O)C(C)O. The van der Waals surface area contributed by atoms with Crippen molar-refractivity contribution in [1.82, 2.24) is 0 Å². The van der Waals surface area contributed by atoms with Crippen molar-refractivity contribution in [3.63, 3.8) is 0 Å². The normalized spacial score (nSPS) is 23.3. The van der Waals surface area contributed by atoms with Crippen LogP contribution in [0.3, 0.4) is 0 Å². The number of aliphatic hydroxyl groups excluding tert-OH is 4. The number of hydrogen-bond donors (Lipinski definition) is 4. The molecule has 4 N–H and O–H groups in total. The van der Waals surface area contributed by atoms with Gasteiger partial charge < -0.3 is 20.4 Å². The fourth-order valence-corrected chi connectivity index (χ4v) is 1.07. The summed E-state index contributed by atoms with van der Waals surface area (Å²) < 4.78 is 0. The van der Waals surface area contributed by atoms with Gasteiger partial charge in [-0.15, -0.1) is 0 Å². The minimum Gasteiger partial charge on any atom is -0.391 e. The van der Waals surface area contributed by atoms with Gasteiger partial charge in [0.05, 0.1) is 12.2 Å². The predicted octanol–water partition coefficient (Wildman–Crippen LogP) is -0.504. The first kappa shape index (κ1) is 12.8. The molecule has 0 fully saturated rings. The quantitative estimate of drug-likeness (QED) is 0.473. The van der Waals surface area contributed by atoms with Crippen molar-refractivity contribution in [1.29, 1.82) is 0 Å². The summed E-state index contributed by atoms with van der Waals surface area (Å²) in [4.78, 5) is 0. The van der Waals surface area contributed by atoms with E-state index in [1.165, 1.54) is 6.92 Å². The Kier molecular flexibility index (Phi) is 5.48. The van der Waals surface area contributed by atoms with Crippen molar-refractivity contribution in [2.75, 3.05) is 0 Å². The van der Waals surface area contributed by atoms with Gasteiger partial charge in [-0.3, -0.25) is 0 Å². The molecule has 0 amide bonds. The predicted molar refractivity (Wildman–Crippen MR) is 49.2 cm³/mol. The fraction of sp³-hybridized carbons (Fsp3) is 1.00. The summed E-state index contributed by atoms with van der Waals surface area (Å²) in [7, 11) is 0. The van der Waals surface area contributed by atoms with Crippen molar-refractivity contribution in [3.05, 3.63) is 0 Å². The maximum absolute atomic E-state index is 9.48. The molecule has 0 radical (unpaired) electrons. The first-order valence-corrected chi connectivity index (χ1v) is 4.64. The van der Waals surface area contributed by atoms with E-state index in [1.807, 2.05) is 6.92 Å². The largest absolute Gasteiger partial charge is 0.391 e. The molecule has 0 saturated carbocycles. The fourth-order valence-electron chi connectivity index (χ4n) is 1.07. The maximum atomic E-state index is 9.48. The third kappa shape index (κ3) is 3.60. The molecular weight excluding hydrogens is 172 g/mol. The molecule has 80 valence electrons. The van der Waals surface area contributed by atoms with E-state index < -0.39 is 24.4 Å². The molecule has 0 bridgehead atoms. The second kappa shape index (κ2) is 5.54. The minimum atomic E-state index is -1.29. The van der Waals surface area contributed by atoms with Gasteiger partial charge in [0.1, 0.15) is 12.2 Å². The average molecular weight is 192 g/mol. The number of rotatable bonds is 5. The van der Waals surface area contributed by atoms with E-state index in [0.717, 1.165) is 0 Å². The summed E-state index contributed by atoms with van der Waals surface area (Å²) >= 11 is 0. The van der Waals surface area contributed by atoms with Crippen LogP contribution in [0.5, 0.6) is 0 Å². The van der Waals surface area contributed by atoms with Gasteiger partial charge >= 0.3 is 0 Å². The van der Waals surface area contributed by atoms with E-state index in [4.69, 9.17) is 5.11 Å². The maximum Gasteiger partial charge on any atom is 0.108 e. The highest BCUT2D eigenvalue weighted by atomic mass is 16.4. The van der Waals surface area contributed by atoms with Gasteiger partial charge in [-0.1, -0.05) is 20.3 Å². The molecule has 4 heteroatoms. The van der Waals surface area contributed by atoms with E-state index in [0.29, 0.717) is 6.42 Å². The molecule has 0 heterocycles. The Bertz CT molecular complexity index is 138. The van der Waals surface area contributed by atoms with Crippen LogP contribution in [0, 0.1) is 5.92 Å². The van der Waals surface area contributed by atoms with Gasteiger partial charge in [0.2, 0.25) is 0 Å². The molecule has 0 saturated heterocycles. The van der Waals surface area contributed by atoms with Crippen molar-refractivity contribution in [2.45, 2.75) is 51.6 Å². The highest BCUT2D eigenvalue weighted by Crippen LogP contribution is 2.14. The van der Waals surface area contributed by atoms with Crippen molar-refractivity contribution in [2.24, 2.45) is 5.92 Å². The van der Waals surface area contributed by atoms with E-state index in [9.17, 15) is 15.3 Å². The zero-order valence-corrected chi connectivity index (χ0v) is 8.38. The van der Waals surface area contributed by atoms with E-state index in [1.54, 1.807) is 6.92 Å². The lowest BCUT2D eigenvalue weighted by Crippen LogP contribution is -2.45. The van der Waals surface area contributed by atoms with Crippen LogP contribution in [0.15, 0.2) is 0 Å². The smallest absolute Gasteiger partial charge is 0.108 e. The van der Waals surface area contributed by atoms with Crippen LogP contribution < -0.4 is 0 Å². The van der Waals surface area contributed by atoms with Gasteiger partial charge in [-0.25, -0.2) is 0 Å². The Morgan fingerprint density at radius 2 is 1.31 bits per heavy atom. The summed E-state index contributed by atoms with van der Waals surface area (Å²) in [5.74, 6) is -0.0941. The lowest BCUT2D eigenvalue weighted by Gasteiger charge is -2.28. The zero-order chi connectivity index (χ0) is 10.6. The Balaban J connectivity index is 4.15. The van der Waals surface area contributed by atoms with Crippen LogP contribution in [0.1, 0.15) is 27.2 Å². The van der Waals surface area contributed by atoms with Gasteiger partial charge in [0.15, 0.2) is 0 Å². The third-order valence-corrected chi connectivity index (χ3v) is 2.42. The third-order valence-electron chi connectivity index (χ3n) is 2.42. The second-order valence-corrected chi connectivity index (χ2v) is 3.60. The topological polar surface area (TPSA) is 80.9 Å². The zero-order valence-electron chi connectivity index (χ0n) is 8.38. The number of hydrogen-bond acceptors (Lipinski definition) is 4. The lowest BCUT2D eigenvalue weighted by molar-refractivity contribution is -0.113. The molecule has 0 aromatic rings. The Morgan fingerprint density at radius 1 is 0.846 bits per heavy atom. The van der Waals surface area contributed by atoms with E-state index >= 15 is 0 Å². The highest BCUT2D eigenvalue weighted by molar-refractivity contribution is 4.81. The Morgan fingerprint density at radius 3 is 1.62 bits per heavy atom. The van der Waals surface area contributed by atoms with Crippen LogP contribution >= 0.6 is 0 Å². The summed E-state index contributed by atoms with van der Waals surface area (Å²) in [6.07, 6.45) is -3.88. The molecule has 0 rings (SSSR count). The molecule has 5 unspecified atom stereocenters. The van der Waals surface area contributed by atoms with Gasteiger partial charge in [0, 0.05) is 0 Å². The van der Waals surface area contributed by atoms with Crippen molar-refractivity contribution >= 4 is 0 Å². The second-order valence-electron chi connectivity index (χ2n) is 3.60. The van der Waals surface area contributed by atoms with Crippen molar-refractivity contribution in [3.8, 4) is 0 Å². The summed E-state index contributed by atoms with van der Waals surface area (Å²) in [5.41, 5.74) is 0. The van der Waals surface area contributed by atoms with Crippen LogP contribution in [0.2, 0.25) is 0 Å². The minimum absolute atomic E-state index is 0.0941. The van der Waals surface area contributed by atoms with Crippen LogP contribution in [-0.4, -0.2) is 44.8 Å². The van der Waals surface area contributed by atoms with Crippen LogP contribution in [0.4, 0.5) is 0 Å². The molecular formula is C9H20O4. The summed E-state index contributed by atoms with van der Waals surface area (Å²) in [6.45, 7) is 5.04. The monoisotopic (exact) mass is 192 g/mol. The first-order valence-electron chi connectivity index (χ1n) is 4.64. The molecule has 0 aliphatic rings. The molecule has 0 aromatic heterocycles. The van der Waals surface area contributed by atoms with Crippen molar-refractivity contribution < 1.29 is 20.4 Å². The molecule has 4 nitrogen and oxygen atoms in total. The van der Waals surface area contributed by atoms with Crippen LogP contribution in [0.25, 0.3) is 0 Å². The number of aliphatic hydroxyl groups is 4. The van der Waals surface area contributed by atoms with E-state index in [2.05, 4.69) is 0 Å². The standard InChI is InChI=1S/C9H20O4/c1-4-5(2)7(11)9(13)8(12)6(3)10/h5-13H,4H2,1-3H3. The Labute approximate surface area is 78.8 Å². The molecule has 0 aliphatic carbocycles. The summed E-state index contributed by atoms with van der Waals surface area (Å²) in [6, 6.07) is 0. The molecule has 0 aliphatic heterocycles. The first-order chi connectivity index (χ1) is 5.91. The van der Waals surface area contributed by atoms with Gasteiger partial charge in [-0.05, 0) is 12.8 Å². The average Bonchev–Trinajstić information content (AvgIpc) is 2.12. The van der Waals surface area contributed by atoms with Gasteiger partial charge in [-0.2, -0.15) is 0 Å². The van der Waals surface area contributed by atoms with E-state index in [-0.39, 0.29) is 5.92 Å². The summed E-state index contributed by atoms with van der Waals surface area (Å²) in [5, 5.41) is 37.1. The van der Waals surface area contributed by atoms with Crippen LogP contribution in [-0.2, 0) is 0 Å². The van der Waals surface area contributed by atoms with Gasteiger partial charge in [0.25, 0.3) is 0 Å². The molecule has 0 aromatic carbocycles.